The van der Waals surface area contributed by atoms with Crippen molar-refractivity contribution in [1.82, 2.24) is 0 Å². The smallest absolute Gasteiger partial charge is 0.146 e. The van der Waals surface area contributed by atoms with Crippen LogP contribution in [0.4, 0.5) is 15.8 Å². The molecule has 0 unspecified atom stereocenters. The van der Waals surface area contributed by atoms with Crippen LogP contribution in [0.25, 0.3) is 0 Å². The fourth-order valence-corrected chi connectivity index (χ4v) is 1.69. The maximum absolute atomic E-state index is 13.5. The van der Waals surface area contributed by atoms with Gasteiger partial charge in [-0.05, 0) is 48.9 Å². The lowest BCUT2D eigenvalue weighted by Crippen LogP contribution is -1.93. The van der Waals surface area contributed by atoms with Crippen molar-refractivity contribution in [2.75, 3.05) is 5.32 Å². The molecule has 0 aliphatic heterocycles. The van der Waals surface area contributed by atoms with E-state index in [4.69, 9.17) is 0 Å². The van der Waals surface area contributed by atoms with Crippen molar-refractivity contribution >= 4 is 27.3 Å². The van der Waals surface area contributed by atoms with Gasteiger partial charge in [-0.15, -0.1) is 0 Å². The molecule has 16 heavy (non-hydrogen) atoms. The average molecular weight is 280 g/mol. The number of rotatable bonds is 2. The molecule has 0 aliphatic rings. The third-order valence-electron chi connectivity index (χ3n) is 2.25. The monoisotopic (exact) mass is 279 g/mol. The number of hydrogen-bond donors (Lipinski definition) is 1. The van der Waals surface area contributed by atoms with Crippen molar-refractivity contribution in [3.63, 3.8) is 0 Å². The number of nitrogens with one attached hydrogen (secondary N) is 1. The molecule has 0 heterocycles. The van der Waals surface area contributed by atoms with E-state index in [0.29, 0.717) is 5.69 Å². The highest BCUT2D eigenvalue weighted by Gasteiger charge is 2.02. The molecule has 0 amide bonds. The normalized spacial score (nSPS) is 10.2. The van der Waals surface area contributed by atoms with Crippen LogP contribution >= 0.6 is 15.9 Å². The Labute approximate surface area is 102 Å². The minimum Gasteiger partial charge on any atom is -0.353 e. The number of halogens is 2. The van der Waals surface area contributed by atoms with E-state index in [2.05, 4.69) is 21.2 Å². The predicted molar refractivity (Wildman–Crippen MR) is 68.6 cm³/mol. The molecule has 1 N–H and O–H groups in total. The lowest BCUT2D eigenvalue weighted by Gasteiger charge is -2.08. The van der Waals surface area contributed by atoms with Crippen molar-refractivity contribution in [3.8, 4) is 0 Å². The van der Waals surface area contributed by atoms with E-state index >= 15 is 0 Å². The predicted octanol–water partition coefficient (Wildman–Crippen LogP) is 4.64. The average Bonchev–Trinajstić information content (AvgIpc) is 2.27. The van der Waals surface area contributed by atoms with Gasteiger partial charge in [-0.2, -0.15) is 0 Å². The molecule has 0 aromatic heterocycles. The Morgan fingerprint density at radius 1 is 1.06 bits per heavy atom. The fourth-order valence-electron chi connectivity index (χ4n) is 1.42. The van der Waals surface area contributed by atoms with E-state index in [-0.39, 0.29) is 5.82 Å². The lowest BCUT2D eigenvalue weighted by molar-refractivity contribution is 0.631. The van der Waals surface area contributed by atoms with Gasteiger partial charge >= 0.3 is 0 Å². The standard InChI is InChI=1S/C13H11BrFN/c1-9-2-7-12(15)13(8-9)16-11-5-3-10(14)4-6-11/h2-8,16H,1H3. The second-order valence-electron chi connectivity index (χ2n) is 3.62. The third-order valence-corrected chi connectivity index (χ3v) is 2.77. The topological polar surface area (TPSA) is 12.0 Å². The molecule has 0 bridgehead atoms. The van der Waals surface area contributed by atoms with Gasteiger partial charge in [0.25, 0.3) is 0 Å². The third kappa shape index (κ3) is 2.61. The van der Waals surface area contributed by atoms with E-state index in [1.807, 2.05) is 31.2 Å². The Balaban J connectivity index is 2.26. The van der Waals surface area contributed by atoms with Crippen LogP contribution in [0.5, 0.6) is 0 Å². The molecule has 0 fully saturated rings. The molecule has 2 rings (SSSR count). The molecule has 0 radical (unpaired) electrons. The highest BCUT2D eigenvalue weighted by Crippen LogP contribution is 2.22. The first-order valence-electron chi connectivity index (χ1n) is 4.94. The SMILES string of the molecule is Cc1ccc(F)c(Nc2ccc(Br)cc2)c1. The zero-order valence-electron chi connectivity index (χ0n) is 8.80. The molecule has 2 aromatic rings. The number of aryl methyl sites for hydroxylation is 1. The molecule has 0 spiro atoms. The van der Waals surface area contributed by atoms with Gasteiger partial charge in [-0.3, -0.25) is 0 Å². The summed E-state index contributed by atoms with van der Waals surface area (Å²) in [6.07, 6.45) is 0. The van der Waals surface area contributed by atoms with Crippen LogP contribution in [0, 0.1) is 12.7 Å². The number of hydrogen-bond acceptors (Lipinski definition) is 1. The van der Waals surface area contributed by atoms with Crippen LogP contribution in [0.15, 0.2) is 46.9 Å². The largest absolute Gasteiger partial charge is 0.353 e. The summed E-state index contributed by atoms with van der Waals surface area (Å²) in [5.74, 6) is -0.242. The van der Waals surface area contributed by atoms with Crippen LogP contribution in [0.3, 0.4) is 0 Å². The Morgan fingerprint density at radius 2 is 1.75 bits per heavy atom. The van der Waals surface area contributed by atoms with Gasteiger partial charge in [0.2, 0.25) is 0 Å². The fraction of sp³-hybridized carbons (Fsp3) is 0.0769. The zero-order chi connectivity index (χ0) is 11.5. The first-order chi connectivity index (χ1) is 7.65. The van der Waals surface area contributed by atoms with E-state index in [1.54, 1.807) is 12.1 Å². The highest BCUT2D eigenvalue weighted by molar-refractivity contribution is 9.10. The molecular weight excluding hydrogens is 269 g/mol. The highest BCUT2D eigenvalue weighted by atomic mass is 79.9. The lowest BCUT2D eigenvalue weighted by atomic mass is 10.2. The minimum atomic E-state index is -0.242. The Kier molecular flexibility index (Phi) is 3.25. The molecule has 2 aromatic carbocycles. The summed E-state index contributed by atoms with van der Waals surface area (Å²) in [5.41, 5.74) is 2.40. The maximum Gasteiger partial charge on any atom is 0.146 e. The van der Waals surface area contributed by atoms with Gasteiger partial charge in [-0.1, -0.05) is 22.0 Å². The minimum absolute atomic E-state index is 0.242. The van der Waals surface area contributed by atoms with Gasteiger partial charge in [0, 0.05) is 10.2 Å². The first kappa shape index (κ1) is 11.1. The maximum atomic E-state index is 13.5. The van der Waals surface area contributed by atoms with Crippen molar-refractivity contribution in [1.29, 1.82) is 0 Å². The van der Waals surface area contributed by atoms with Crippen molar-refractivity contribution in [3.05, 3.63) is 58.3 Å². The molecule has 1 nitrogen and oxygen atoms in total. The summed E-state index contributed by atoms with van der Waals surface area (Å²) >= 11 is 3.36. The van der Waals surface area contributed by atoms with E-state index < -0.39 is 0 Å². The van der Waals surface area contributed by atoms with Gasteiger partial charge in [0.15, 0.2) is 0 Å². The summed E-state index contributed by atoms with van der Waals surface area (Å²) in [4.78, 5) is 0. The van der Waals surface area contributed by atoms with Crippen LogP contribution < -0.4 is 5.32 Å². The summed E-state index contributed by atoms with van der Waals surface area (Å²) in [6.45, 7) is 1.94. The first-order valence-corrected chi connectivity index (χ1v) is 5.73. The molecule has 0 saturated heterocycles. The van der Waals surface area contributed by atoms with Crippen molar-refractivity contribution < 1.29 is 4.39 Å². The van der Waals surface area contributed by atoms with Crippen molar-refractivity contribution in [2.24, 2.45) is 0 Å². The Hall–Kier alpha value is -1.35. The second-order valence-corrected chi connectivity index (χ2v) is 4.53. The van der Waals surface area contributed by atoms with Crippen LogP contribution in [-0.4, -0.2) is 0 Å². The summed E-state index contributed by atoms with van der Waals surface area (Å²) in [5, 5.41) is 3.04. The van der Waals surface area contributed by atoms with Crippen LogP contribution in [-0.2, 0) is 0 Å². The number of anilines is 2. The van der Waals surface area contributed by atoms with Crippen LogP contribution in [0.1, 0.15) is 5.56 Å². The summed E-state index contributed by atoms with van der Waals surface area (Å²) in [7, 11) is 0. The summed E-state index contributed by atoms with van der Waals surface area (Å²) < 4.78 is 14.5. The van der Waals surface area contributed by atoms with Gasteiger partial charge in [0.1, 0.15) is 5.82 Å². The Morgan fingerprint density at radius 3 is 2.44 bits per heavy atom. The molecule has 0 atom stereocenters. The van der Waals surface area contributed by atoms with Crippen LogP contribution in [0.2, 0.25) is 0 Å². The summed E-state index contributed by atoms with van der Waals surface area (Å²) in [6, 6.07) is 12.6. The second kappa shape index (κ2) is 4.66. The molecule has 0 saturated carbocycles. The quantitative estimate of drug-likeness (QED) is 0.845. The van der Waals surface area contributed by atoms with E-state index in [1.165, 1.54) is 6.07 Å². The van der Waals surface area contributed by atoms with E-state index in [0.717, 1.165) is 15.7 Å². The van der Waals surface area contributed by atoms with E-state index in [9.17, 15) is 4.39 Å². The molecule has 3 heteroatoms. The molecular formula is C13H11BrFN. The Bertz CT molecular complexity index is 494. The van der Waals surface area contributed by atoms with Crippen molar-refractivity contribution in [2.45, 2.75) is 6.92 Å². The molecule has 82 valence electrons. The van der Waals surface area contributed by atoms with Gasteiger partial charge in [-0.25, -0.2) is 4.39 Å². The van der Waals surface area contributed by atoms with Gasteiger partial charge in [0.05, 0.1) is 5.69 Å². The number of benzene rings is 2. The van der Waals surface area contributed by atoms with Gasteiger partial charge < -0.3 is 5.32 Å². The zero-order valence-corrected chi connectivity index (χ0v) is 10.4. The molecule has 0 aliphatic carbocycles.